The molecule has 2 bridgehead atoms. The van der Waals surface area contributed by atoms with Crippen molar-refractivity contribution in [3.8, 4) is 0 Å². The highest BCUT2D eigenvalue weighted by molar-refractivity contribution is 5.15. The molecule has 86 valence electrons. The highest BCUT2D eigenvalue weighted by Crippen LogP contribution is 2.51. The summed E-state index contributed by atoms with van der Waals surface area (Å²) in [6, 6.07) is 0. The zero-order chi connectivity index (χ0) is 11.1. The maximum absolute atomic E-state index is 5.55. The zero-order valence-corrected chi connectivity index (χ0v) is 10.4. The lowest BCUT2D eigenvalue weighted by Crippen LogP contribution is -2.32. The Labute approximate surface area is 93.9 Å². The fraction of sp³-hybridized carbons (Fsp3) is 0.857. The summed E-state index contributed by atoms with van der Waals surface area (Å²) in [6.45, 7) is 9.19. The van der Waals surface area contributed by atoms with E-state index in [-0.39, 0.29) is 0 Å². The summed E-state index contributed by atoms with van der Waals surface area (Å²) in [4.78, 5) is 0. The van der Waals surface area contributed by atoms with Crippen LogP contribution in [0.15, 0.2) is 12.2 Å². The molecule has 0 amide bonds. The van der Waals surface area contributed by atoms with Crippen molar-refractivity contribution < 1.29 is 4.74 Å². The second-order valence-electron chi connectivity index (χ2n) is 6.02. The Morgan fingerprint density at radius 3 is 2.67 bits per heavy atom. The maximum Gasteiger partial charge on any atom is 0.0577 e. The van der Waals surface area contributed by atoms with E-state index in [1.807, 2.05) is 7.11 Å². The molecule has 1 nitrogen and oxygen atoms in total. The van der Waals surface area contributed by atoms with Gasteiger partial charge < -0.3 is 4.74 Å². The van der Waals surface area contributed by atoms with Crippen LogP contribution in [0, 0.1) is 17.3 Å². The average molecular weight is 208 g/mol. The van der Waals surface area contributed by atoms with Crippen LogP contribution in [-0.2, 0) is 4.74 Å². The minimum Gasteiger partial charge on any atom is -0.381 e. The summed E-state index contributed by atoms with van der Waals surface area (Å²) < 4.78 is 5.55. The van der Waals surface area contributed by atoms with Gasteiger partial charge in [-0.2, -0.15) is 0 Å². The molecule has 2 fully saturated rings. The molecule has 0 aromatic rings. The van der Waals surface area contributed by atoms with E-state index >= 15 is 0 Å². The first-order valence-electron chi connectivity index (χ1n) is 6.26. The van der Waals surface area contributed by atoms with Crippen molar-refractivity contribution in [1.82, 2.24) is 0 Å². The Kier molecular flexibility index (Phi) is 2.94. The second kappa shape index (κ2) is 3.93. The molecule has 2 saturated carbocycles. The van der Waals surface area contributed by atoms with E-state index in [4.69, 9.17) is 4.74 Å². The van der Waals surface area contributed by atoms with Gasteiger partial charge in [-0.05, 0) is 49.4 Å². The standard InChI is InChI=1S/C14H24O/c1-10-11-7-8-14(2,3)13(10)6-5-12(9-11)15-4/h11-13H,1,5-9H2,2-4H3. The van der Waals surface area contributed by atoms with Gasteiger partial charge in [0.05, 0.1) is 6.10 Å². The predicted molar refractivity (Wildman–Crippen MR) is 63.8 cm³/mol. The number of fused-ring (bicyclic) bond motifs is 2. The van der Waals surface area contributed by atoms with E-state index in [0.29, 0.717) is 11.5 Å². The summed E-state index contributed by atoms with van der Waals surface area (Å²) in [7, 11) is 1.86. The number of allylic oxidation sites excluding steroid dienone is 1. The van der Waals surface area contributed by atoms with Crippen LogP contribution in [0.4, 0.5) is 0 Å². The Balaban J connectivity index is 2.19. The summed E-state index contributed by atoms with van der Waals surface area (Å²) >= 11 is 0. The SMILES string of the molecule is C=C1C2CCC(C)(C)C1CCC(OC)C2. The molecule has 0 heterocycles. The molecule has 15 heavy (non-hydrogen) atoms. The van der Waals surface area contributed by atoms with Crippen molar-refractivity contribution >= 4 is 0 Å². The third-order valence-electron chi connectivity index (χ3n) is 4.71. The number of methoxy groups -OCH3 is 1. The number of rotatable bonds is 1. The highest BCUT2D eigenvalue weighted by Gasteiger charge is 2.41. The van der Waals surface area contributed by atoms with E-state index in [0.717, 1.165) is 11.8 Å². The van der Waals surface area contributed by atoms with Crippen molar-refractivity contribution in [2.24, 2.45) is 17.3 Å². The van der Waals surface area contributed by atoms with Gasteiger partial charge in [-0.1, -0.05) is 26.0 Å². The van der Waals surface area contributed by atoms with Gasteiger partial charge in [0.1, 0.15) is 0 Å². The Hall–Kier alpha value is -0.300. The molecule has 0 spiro atoms. The van der Waals surface area contributed by atoms with Crippen LogP contribution < -0.4 is 0 Å². The van der Waals surface area contributed by atoms with Gasteiger partial charge in [-0.15, -0.1) is 0 Å². The lowest BCUT2D eigenvalue weighted by atomic mass is 9.62. The minimum atomic E-state index is 0.468. The molecule has 0 aromatic heterocycles. The molecule has 0 aromatic carbocycles. The van der Waals surface area contributed by atoms with Crippen LogP contribution in [-0.4, -0.2) is 13.2 Å². The van der Waals surface area contributed by atoms with Crippen molar-refractivity contribution in [3.63, 3.8) is 0 Å². The monoisotopic (exact) mass is 208 g/mol. The van der Waals surface area contributed by atoms with E-state index in [9.17, 15) is 0 Å². The summed E-state index contributed by atoms with van der Waals surface area (Å²) in [5, 5.41) is 0. The third kappa shape index (κ3) is 1.99. The largest absolute Gasteiger partial charge is 0.381 e. The fourth-order valence-electron chi connectivity index (χ4n) is 3.54. The molecular formula is C14H24O. The molecule has 1 heteroatoms. The first-order chi connectivity index (χ1) is 7.04. The molecule has 0 aliphatic heterocycles. The summed E-state index contributed by atoms with van der Waals surface area (Å²) in [5.41, 5.74) is 1.99. The van der Waals surface area contributed by atoms with E-state index in [1.54, 1.807) is 0 Å². The minimum absolute atomic E-state index is 0.468. The second-order valence-corrected chi connectivity index (χ2v) is 6.02. The lowest BCUT2D eigenvalue weighted by molar-refractivity contribution is 0.0808. The first kappa shape index (κ1) is 11.2. The maximum atomic E-state index is 5.55. The molecule has 2 aliphatic rings. The fourth-order valence-corrected chi connectivity index (χ4v) is 3.54. The molecule has 3 unspecified atom stereocenters. The summed E-state index contributed by atoms with van der Waals surface area (Å²) in [5.74, 6) is 1.46. The topological polar surface area (TPSA) is 9.23 Å². The molecule has 2 aliphatic carbocycles. The molecule has 3 atom stereocenters. The van der Waals surface area contributed by atoms with Crippen molar-refractivity contribution in [1.29, 1.82) is 0 Å². The van der Waals surface area contributed by atoms with Crippen molar-refractivity contribution in [2.45, 2.75) is 52.1 Å². The van der Waals surface area contributed by atoms with Gasteiger partial charge in [-0.25, -0.2) is 0 Å². The number of hydrogen-bond acceptors (Lipinski definition) is 1. The highest BCUT2D eigenvalue weighted by atomic mass is 16.5. The van der Waals surface area contributed by atoms with Gasteiger partial charge in [0.25, 0.3) is 0 Å². The van der Waals surface area contributed by atoms with Gasteiger partial charge in [-0.3, -0.25) is 0 Å². The van der Waals surface area contributed by atoms with Crippen molar-refractivity contribution in [2.75, 3.05) is 7.11 Å². The third-order valence-corrected chi connectivity index (χ3v) is 4.71. The molecule has 0 saturated heterocycles. The molecule has 2 rings (SSSR count). The van der Waals surface area contributed by atoms with Gasteiger partial charge in [0, 0.05) is 7.11 Å². The van der Waals surface area contributed by atoms with Crippen LogP contribution >= 0.6 is 0 Å². The van der Waals surface area contributed by atoms with Crippen LogP contribution in [0.3, 0.4) is 0 Å². The van der Waals surface area contributed by atoms with Crippen LogP contribution in [0.25, 0.3) is 0 Å². The van der Waals surface area contributed by atoms with E-state index in [1.165, 1.54) is 37.7 Å². The van der Waals surface area contributed by atoms with Crippen LogP contribution in [0.1, 0.15) is 46.0 Å². The zero-order valence-electron chi connectivity index (χ0n) is 10.4. The summed E-state index contributed by atoms with van der Waals surface area (Å²) in [6.07, 6.45) is 6.87. The van der Waals surface area contributed by atoms with Crippen LogP contribution in [0.2, 0.25) is 0 Å². The molecule has 0 N–H and O–H groups in total. The quantitative estimate of drug-likeness (QED) is 0.596. The van der Waals surface area contributed by atoms with Gasteiger partial charge in [0.2, 0.25) is 0 Å². The van der Waals surface area contributed by atoms with E-state index in [2.05, 4.69) is 20.4 Å². The molecule has 0 radical (unpaired) electrons. The lowest BCUT2D eigenvalue weighted by Gasteiger charge is -2.42. The Bertz CT molecular complexity index is 254. The number of ether oxygens (including phenoxy) is 1. The Morgan fingerprint density at radius 2 is 2.00 bits per heavy atom. The Morgan fingerprint density at radius 1 is 1.27 bits per heavy atom. The molecular weight excluding hydrogens is 184 g/mol. The number of hydrogen-bond donors (Lipinski definition) is 0. The van der Waals surface area contributed by atoms with Gasteiger partial charge >= 0.3 is 0 Å². The predicted octanol–water partition coefficient (Wildman–Crippen LogP) is 3.79. The van der Waals surface area contributed by atoms with Crippen LogP contribution in [0.5, 0.6) is 0 Å². The first-order valence-corrected chi connectivity index (χ1v) is 6.26. The van der Waals surface area contributed by atoms with E-state index < -0.39 is 0 Å². The smallest absolute Gasteiger partial charge is 0.0577 e. The average Bonchev–Trinajstić information content (AvgIpc) is 2.30. The van der Waals surface area contributed by atoms with Crippen molar-refractivity contribution in [3.05, 3.63) is 12.2 Å². The normalized spacial score (nSPS) is 39.9. The van der Waals surface area contributed by atoms with Gasteiger partial charge in [0.15, 0.2) is 0 Å².